The highest BCUT2D eigenvalue weighted by molar-refractivity contribution is 6.51. The van der Waals surface area contributed by atoms with Crippen LogP contribution in [0.25, 0.3) is 5.76 Å². The molecule has 0 aliphatic carbocycles. The molecule has 0 radical (unpaired) electrons. The smallest absolute Gasteiger partial charge is 0.300 e. The van der Waals surface area contributed by atoms with E-state index in [1.165, 1.54) is 29.2 Å². The van der Waals surface area contributed by atoms with Crippen molar-refractivity contribution >= 4 is 34.7 Å². The van der Waals surface area contributed by atoms with Crippen LogP contribution in [0.3, 0.4) is 0 Å². The summed E-state index contributed by atoms with van der Waals surface area (Å²) in [6, 6.07) is 18.1. The highest BCUT2D eigenvalue weighted by atomic mass is 35.5. The van der Waals surface area contributed by atoms with Gasteiger partial charge in [-0.25, -0.2) is 4.39 Å². The minimum absolute atomic E-state index is 0.0269. The first-order valence-electron chi connectivity index (χ1n) is 9.26. The van der Waals surface area contributed by atoms with Crippen molar-refractivity contribution in [3.63, 3.8) is 0 Å². The van der Waals surface area contributed by atoms with E-state index in [0.29, 0.717) is 21.8 Å². The summed E-state index contributed by atoms with van der Waals surface area (Å²) in [7, 11) is 0. The van der Waals surface area contributed by atoms with Crippen LogP contribution in [0.5, 0.6) is 0 Å². The van der Waals surface area contributed by atoms with Gasteiger partial charge in [-0.05, 0) is 66.6 Å². The van der Waals surface area contributed by atoms with Crippen molar-refractivity contribution in [1.82, 2.24) is 0 Å². The number of amides is 1. The van der Waals surface area contributed by atoms with E-state index in [9.17, 15) is 19.1 Å². The van der Waals surface area contributed by atoms with Crippen molar-refractivity contribution in [1.29, 1.82) is 0 Å². The Morgan fingerprint density at radius 1 is 0.967 bits per heavy atom. The Morgan fingerprint density at radius 2 is 1.60 bits per heavy atom. The minimum atomic E-state index is -0.854. The van der Waals surface area contributed by atoms with Crippen LogP contribution in [-0.2, 0) is 9.59 Å². The van der Waals surface area contributed by atoms with Gasteiger partial charge in [0.15, 0.2) is 0 Å². The van der Waals surface area contributed by atoms with Crippen molar-refractivity contribution in [2.45, 2.75) is 13.0 Å². The fraction of sp³-hybridized carbons (Fsp3) is 0.0833. The Kier molecular flexibility index (Phi) is 5.14. The number of Topliss-reactive ketones (excluding diaryl/α,β-unsaturated/α-hetero) is 1. The number of aryl methyl sites for hydroxylation is 1. The average Bonchev–Trinajstić information content (AvgIpc) is 3.00. The molecule has 1 aliphatic heterocycles. The van der Waals surface area contributed by atoms with E-state index in [4.69, 9.17) is 11.6 Å². The zero-order valence-electron chi connectivity index (χ0n) is 16.0. The van der Waals surface area contributed by atoms with Crippen molar-refractivity contribution in [2.75, 3.05) is 4.90 Å². The number of halogens is 2. The number of benzene rings is 3. The molecule has 30 heavy (non-hydrogen) atoms. The summed E-state index contributed by atoms with van der Waals surface area (Å²) in [5.41, 5.74) is 2.24. The van der Waals surface area contributed by atoms with E-state index in [2.05, 4.69) is 0 Å². The molecule has 3 aromatic carbocycles. The number of ketones is 1. The van der Waals surface area contributed by atoms with Gasteiger partial charge in [-0.2, -0.15) is 0 Å². The summed E-state index contributed by atoms with van der Waals surface area (Å²) in [5.74, 6) is -2.34. The summed E-state index contributed by atoms with van der Waals surface area (Å²) < 4.78 is 13.5. The lowest BCUT2D eigenvalue weighted by Crippen LogP contribution is -2.29. The number of nitrogens with zero attached hydrogens (tertiary/aromatic N) is 1. The van der Waals surface area contributed by atoms with Gasteiger partial charge in [-0.1, -0.05) is 35.9 Å². The van der Waals surface area contributed by atoms with E-state index in [0.717, 1.165) is 5.56 Å². The van der Waals surface area contributed by atoms with Crippen LogP contribution in [0, 0.1) is 12.7 Å². The van der Waals surface area contributed by atoms with Crippen LogP contribution in [0.1, 0.15) is 22.7 Å². The second kappa shape index (κ2) is 7.76. The average molecular weight is 422 g/mol. The van der Waals surface area contributed by atoms with Gasteiger partial charge in [0.2, 0.25) is 0 Å². The molecular formula is C24H17ClFNO3. The summed E-state index contributed by atoms with van der Waals surface area (Å²) in [6.45, 7) is 1.86. The molecule has 1 amide bonds. The predicted octanol–water partition coefficient (Wildman–Crippen LogP) is 5.41. The standard InChI is InChI=1S/C24H17ClFNO3/c1-14-4-2-3-5-19(14)21-20(22(28)15-6-8-16(25)9-7-15)23(29)24(30)27(21)18-12-10-17(26)11-13-18/h2-13,21,28H,1H3/b22-20-. The van der Waals surface area contributed by atoms with Gasteiger partial charge in [0.1, 0.15) is 11.6 Å². The molecule has 1 fully saturated rings. The van der Waals surface area contributed by atoms with E-state index in [-0.39, 0.29) is 11.3 Å². The van der Waals surface area contributed by atoms with Gasteiger partial charge in [-0.15, -0.1) is 0 Å². The molecule has 1 N–H and O–H groups in total. The quantitative estimate of drug-likeness (QED) is 0.349. The van der Waals surface area contributed by atoms with Gasteiger partial charge >= 0.3 is 0 Å². The molecule has 1 heterocycles. The third kappa shape index (κ3) is 3.37. The van der Waals surface area contributed by atoms with Crippen LogP contribution < -0.4 is 4.90 Å². The summed E-state index contributed by atoms with van der Waals surface area (Å²) >= 11 is 5.93. The zero-order valence-corrected chi connectivity index (χ0v) is 16.7. The maximum Gasteiger partial charge on any atom is 0.300 e. The zero-order chi connectivity index (χ0) is 21.4. The number of aliphatic hydroxyl groups is 1. The van der Waals surface area contributed by atoms with Crippen LogP contribution in [0.2, 0.25) is 5.02 Å². The van der Waals surface area contributed by atoms with Crippen LogP contribution in [0.15, 0.2) is 78.4 Å². The SMILES string of the molecule is Cc1ccccc1C1/C(=C(/O)c2ccc(Cl)cc2)C(=O)C(=O)N1c1ccc(F)cc1. The van der Waals surface area contributed by atoms with Crippen LogP contribution >= 0.6 is 11.6 Å². The van der Waals surface area contributed by atoms with Gasteiger partial charge < -0.3 is 5.11 Å². The van der Waals surface area contributed by atoms with E-state index < -0.39 is 23.5 Å². The molecule has 1 atom stereocenters. The van der Waals surface area contributed by atoms with Crippen molar-refractivity contribution in [3.8, 4) is 0 Å². The van der Waals surface area contributed by atoms with E-state index in [1.54, 1.807) is 36.4 Å². The lowest BCUT2D eigenvalue weighted by Gasteiger charge is -2.26. The second-order valence-electron chi connectivity index (χ2n) is 7.01. The Bertz CT molecular complexity index is 1170. The fourth-order valence-corrected chi connectivity index (χ4v) is 3.78. The fourth-order valence-electron chi connectivity index (χ4n) is 3.65. The molecular weight excluding hydrogens is 405 g/mol. The maximum atomic E-state index is 13.5. The highest BCUT2D eigenvalue weighted by Gasteiger charge is 2.47. The van der Waals surface area contributed by atoms with Crippen molar-refractivity contribution in [2.24, 2.45) is 0 Å². The Labute approximate surface area is 177 Å². The molecule has 150 valence electrons. The van der Waals surface area contributed by atoms with Gasteiger partial charge in [0.05, 0.1) is 11.6 Å². The lowest BCUT2D eigenvalue weighted by atomic mass is 9.92. The summed E-state index contributed by atoms with van der Waals surface area (Å²) in [5, 5.41) is 11.5. The highest BCUT2D eigenvalue weighted by Crippen LogP contribution is 2.43. The number of carbonyl (C=O) groups excluding carboxylic acids is 2. The molecule has 6 heteroatoms. The molecule has 1 unspecified atom stereocenters. The van der Waals surface area contributed by atoms with Gasteiger partial charge in [0.25, 0.3) is 11.7 Å². The molecule has 3 aromatic rings. The number of hydrogen-bond donors (Lipinski definition) is 1. The molecule has 4 rings (SSSR count). The Balaban J connectivity index is 1.96. The third-order valence-corrected chi connectivity index (χ3v) is 5.40. The molecule has 1 saturated heterocycles. The largest absolute Gasteiger partial charge is 0.507 e. The molecule has 0 saturated carbocycles. The lowest BCUT2D eigenvalue weighted by molar-refractivity contribution is -0.132. The first kappa shape index (κ1) is 19.9. The number of carbonyl (C=O) groups is 2. The van der Waals surface area contributed by atoms with Crippen LogP contribution in [-0.4, -0.2) is 16.8 Å². The number of hydrogen-bond acceptors (Lipinski definition) is 3. The number of aliphatic hydroxyl groups excluding tert-OH is 1. The molecule has 0 aromatic heterocycles. The molecule has 0 spiro atoms. The summed E-state index contributed by atoms with van der Waals surface area (Å²) in [6.07, 6.45) is 0. The van der Waals surface area contributed by atoms with E-state index >= 15 is 0 Å². The molecule has 1 aliphatic rings. The normalized spacial score (nSPS) is 18.1. The van der Waals surface area contributed by atoms with Crippen molar-refractivity contribution < 1.29 is 19.1 Å². The predicted molar refractivity (Wildman–Crippen MR) is 114 cm³/mol. The maximum absolute atomic E-state index is 13.5. The topological polar surface area (TPSA) is 57.6 Å². The summed E-state index contributed by atoms with van der Waals surface area (Å²) in [4.78, 5) is 27.3. The molecule has 0 bridgehead atoms. The van der Waals surface area contributed by atoms with Gasteiger partial charge in [0, 0.05) is 16.3 Å². The first-order valence-corrected chi connectivity index (χ1v) is 9.64. The third-order valence-electron chi connectivity index (χ3n) is 5.15. The molecule has 4 nitrogen and oxygen atoms in total. The number of anilines is 1. The second-order valence-corrected chi connectivity index (χ2v) is 7.45. The Morgan fingerprint density at radius 3 is 2.23 bits per heavy atom. The van der Waals surface area contributed by atoms with E-state index in [1.807, 2.05) is 19.1 Å². The van der Waals surface area contributed by atoms with Crippen molar-refractivity contribution in [3.05, 3.63) is 106 Å². The van der Waals surface area contributed by atoms with Crippen LogP contribution in [0.4, 0.5) is 10.1 Å². The minimum Gasteiger partial charge on any atom is -0.507 e. The van der Waals surface area contributed by atoms with Gasteiger partial charge in [-0.3, -0.25) is 14.5 Å². The Hall–Kier alpha value is -3.44. The monoisotopic (exact) mass is 421 g/mol. The first-order chi connectivity index (χ1) is 14.4. The number of rotatable bonds is 3.